The van der Waals surface area contributed by atoms with Gasteiger partial charge in [-0.1, -0.05) is 32.0 Å². The summed E-state index contributed by atoms with van der Waals surface area (Å²) in [6.45, 7) is 7.03. The molecule has 0 saturated heterocycles. The minimum atomic E-state index is -4.17. The predicted molar refractivity (Wildman–Crippen MR) is 149 cm³/mol. The Morgan fingerprint density at radius 1 is 1.08 bits per heavy atom. The minimum absolute atomic E-state index is 0.291. The number of aromatic nitrogens is 1. The number of anilines is 1. The fourth-order valence-corrected chi connectivity index (χ4v) is 5.67. The molecule has 0 bridgehead atoms. The topological polar surface area (TPSA) is 119 Å². The number of hydrogen-bond donors (Lipinski definition) is 3. The van der Waals surface area contributed by atoms with E-state index < -0.39 is 27.6 Å². The highest BCUT2D eigenvalue weighted by Crippen LogP contribution is 2.31. The van der Waals surface area contributed by atoms with Gasteiger partial charge < -0.3 is 19.7 Å². The number of allylic oxidation sites excluding steroid dienone is 2. The van der Waals surface area contributed by atoms with Crippen LogP contribution in [-0.4, -0.2) is 55.5 Å². The van der Waals surface area contributed by atoms with Crippen molar-refractivity contribution < 1.29 is 18.6 Å². The molecule has 3 N–H and O–H groups in total. The summed E-state index contributed by atoms with van der Waals surface area (Å²) >= 11 is 0. The van der Waals surface area contributed by atoms with Crippen molar-refractivity contribution >= 4 is 32.1 Å². The normalized spacial score (nSPS) is 13.3. The monoisotopic (exact) mass is 524 g/mol. The Bertz CT molecular complexity index is 1410. The van der Waals surface area contributed by atoms with Crippen LogP contribution in [0.5, 0.6) is 0 Å². The smallest absolute Gasteiger partial charge is 0.251 e. The van der Waals surface area contributed by atoms with E-state index in [0.717, 1.165) is 48.0 Å². The first-order valence-electron chi connectivity index (χ1n) is 12.5. The highest BCUT2D eigenvalue weighted by Gasteiger charge is 2.23. The van der Waals surface area contributed by atoms with Gasteiger partial charge >= 0.3 is 0 Å². The predicted octanol–water partition coefficient (Wildman–Crippen LogP) is 4.00. The average Bonchev–Trinajstić information content (AvgIpc) is 3.27. The van der Waals surface area contributed by atoms with E-state index in [1.54, 1.807) is 19.1 Å². The first kappa shape index (κ1) is 28.4. The first-order valence-corrected chi connectivity index (χ1v) is 14.0. The van der Waals surface area contributed by atoms with E-state index in [4.69, 9.17) is 5.11 Å². The van der Waals surface area contributed by atoms with Gasteiger partial charge in [-0.05, 0) is 66.4 Å². The van der Waals surface area contributed by atoms with E-state index in [2.05, 4.69) is 53.8 Å². The fourth-order valence-electron chi connectivity index (χ4n) is 4.48. The fraction of sp³-hybridized carbons (Fsp3) is 0.393. The molecule has 0 amide bonds. The Hall–Kier alpha value is -3.16. The summed E-state index contributed by atoms with van der Waals surface area (Å²) in [7, 11) is -2.33. The number of rotatable bonds is 12. The zero-order chi connectivity index (χ0) is 27.2. The maximum absolute atomic E-state index is 12.7. The van der Waals surface area contributed by atoms with Crippen molar-refractivity contribution in [1.82, 2.24) is 9.29 Å². The summed E-state index contributed by atoms with van der Waals surface area (Å²) in [4.78, 5) is 1.98. The molecule has 1 aromatic heterocycles. The van der Waals surface area contributed by atoms with E-state index in [-0.39, 0.29) is 6.54 Å². The molecule has 37 heavy (non-hydrogen) atoms. The Balaban J connectivity index is 1.96. The molecule has 0 aliphatic heterocycles. The molecule has 198 valence electrons. The van der Waals surface area contributed by atoms with Crippen LogP contribution >= 0.6 is 0 Å². The molecule has 8 nitrogen and oxygen atoms in total. The third-order valence-corrected chi connectivity index (χ3v) is 7.89. The third-order valence-electron chi connectivity index (χ3n) is 6.41. The van der Waals surface area contributed by atoms with Gasteiger partial charge in [0.25, 0.3) is 10.0 Å². The van der Waals surface area contributed by atoms with Crippen LogP contribution in [0, 0.1) is 11.3 Å². The molecule has 0 spiro atoms. The second-order valence-corrected chi connectivity index (χ2v) is 10.9. The molecule has 2 aromatic carbocycles. The van der Waals surface area contributed by atoms with Crippen LogP contribution in [-0.2, 0) is 17.1 Å². The number of sulfonamides is 1. The second kappa shape index (κ2) is 12.4. The van der Waals surface area contributed by atoms with Gasteiger partial charge in [0.2, 0.25) is 0 Å². The average molecular weight is 525 g/mol. The van der Waals surface area contributed by atoms with Crippen LogP contribution in [0.3, 0.4) is 0 Å². The van der Waals surface area contributed by atoms with Crippen molar-refractivity contribution in [2.75, 3.05) is 31.1 Å². The lowest BCUT2D eigenvalue weighted by molar-refractivity contribution is 0.0989. The van der Waals surface area contributed by atoms with Crippen LogP contribution in [0.2, 0.25) is 0 Å². The van der Waals surface area contributed by atoms with Gasteiger partial charge in [-0.25, -0.2) is 13.1 Å². The van der Waals surface area contributed by atoms with E-state index in [1.165, 1.54) is 5.69 Å². The largest absolute Gasteiger partial charge is 0.394 e. The number of nitrogens with zero attached hydrogens (tertiary/aromatic N) is 3. The van der Waals surface area contributed by atoms with Crippen LogP contribution in [0.15, 0.2) is 53.4 Å². The van der Waals surface area contributed by atoms with Crippen molar-refractivity contribution in [3.8, 4) is 17.3 Å². The highest BCUT2D eigenvalue weighted by atomic mass is 32.2. The SMILES string of the molecule is CCCN(CCC)c1ccc2cc(-c3ccc(C(C)=C(C#N)S(=O)(=O)NCC(O)CO)n3C)ccc2c1. The molecule has 0 fully saturated rings. The minimum Gasteiger partial charge on any atom is -0.394 e. The number of hydrogen-bond acceptors (Lipinski definition) is 6. The first-order chi connectivity index (χ1) is 17.7. The van der Waals surface area contributed by atoms with Gasteiger partial charge in [0.1, 0.15) is 6.07 Å². The number of nitrogens with one attached hydrogen (secondary N) is 1. The highest BCUT2D eigenvalue weighted by molar-refractivity contribution is 7.93. The van der Waals surface area contributed by atoms with Crippen LogP contribution in [0.25, 0.3) is 27.6 Å². The Morgan fingerprint density at radius 3 is 2.35 bits per heavy atom. The molecular weight excluding hydrogens is 488 g/mol. The van der Waals surface area contributed by atoms with Crippen LogP contribution < -0.4 is 9.62 Å². The van der Waals surface area contributed by atoms with Gasteiger partial charge in [-0.3, -0.25) is 0 Å². The zero-order valence-corrected chi connectivity index (χ0v) is 22.7. The van der Waals surface area contributed by atoms with Gasteiger partial charge in [0.15, 0.2) is 4.91 Å². The molecule has 9 heteroatoms. The van der Waals surface area contributed by atoms with E-state index in [1.807, 2.05) is 23.7 Å². The van der Waals surface area contributed by atoms with Crippen molar-refractivity contribution in [1.29, 1.82) is 5.26 Å². The van der Waals surface area contributed by atoms with Crippen molar-refractivity contribution in [3.05, 3.63) is 59.1 Å². The number of aliphatic hydroxyl groups is 2. The van der Waals surface area contributed by atoms with Gasteiger partial charge in [0.05, 0.1) is 12.7 Å². The van der Waals surface area contributed by atoms with E-state index >= 15 is 0 Å². The lowest BCUT2D eigenvalue weighted by Crippen LogP contribution is -2.34. The molecule has 1 atom stereocenters. The lowest BCUT2D eigenvalue weighted by atomic mass is 10.0. The summed E-state index contributed by atoms with van der Waals surface area (Å²) in [6, 6.07) is 18.3. The summed E-state index contributed by atoms with van der Waals surface area (Å²) in [5.74, 6) is 0. The van der Waals surface area contributed by atoms with E-state index in [9.17, 15) is 18.8 Å². The molecule has 0 radical (unpaired) electrons. The van der Waals surface area contributed by atoms with Crippen LogP contribution in [0.1, 0.15) is 39.3 Å². The molecule has 1 unspecified atom stereocenters. The van der Waals surface area contributed by atoms with Gasteiger partial charge in [-0.15, -0.1) is 0 Å². The lowest BCUT2D eigenvalue weighted by Gasteiger charge is -2.24. The van der Waals surface area contributed by atoms with Crippen molar-refractivity contribution in [3.63, 3.8) is 0 Å². The molecule has 1 heterocycles. The van der Waals surface area contributed by atoms with Crippen molar-refractivity contribution in [2.24, 2.45) is 7.05 Å². The maximum Gasteiger partial charge on any atom is 0.251 e. The number of fused-ring (bicyclic) bond motifs is 1. The standard InChI is InChI=1S/C28H36N4O4S/c1-5-13-32(14-6-2)24-10-9-21-15-23(8-7-22(21)16-24)27-12-11-26(31(27)4)20(3)28(17-29)37(35,36)30-18-25(34)19-33/h7-12,15-16,25,30,33-34H,5-6,13-14,18-19H2,1-4H3. The van der Waals surface area contributed by atoms with Gasteiger partial charge in [0, 0.05) is 49.3 Å². The molecule has 3 rings (SSSR count). The van der Waals surface area contributed by atoms with Crippen molar-refractivity contribution in [2.45, 2.75) is 39.7 Å². The summed E-state index contributed by atoms with van der Waals surface area (Å²) in [5, 5.41) is 30.3. The Labute approximate surface area is 219 Å². The Morgan fingerprint density at radius 2 is 1.73 bits per heavy atom. The number of aliphatic hydroxyl groups excluding tert-OH is 2. The second-order valence-electron chi connectivity index (χ2n) is 9.15. The zero-order valence-electron chi connectivity index (χ0n) is 21.9. The quantitative estimate of drug-likeness (QED) is 0.308. The molecular formula is C28H36N4O4S. The molecule has 0 aliphatic carbocycles. The molecule has 0 aliphatic rings. The number of benzene rings is 2. The third kappa shape index (κ3) is 6.40. The summed E-state index contributed by atoms with van der Waals surface area (Å²) in [6.07, 6.45) is 0.939. The molecule has 3 aromatic rings. The summed E-state index contributed by atoms with van der Waals surface area (Å²) in [5.41, 5.74) is 3.96. The Kier molecular flexibility index (Phi) is 9.51. The van der Waals surface area contributed by atoms with Crippen LogP contribution in [0.4, 0.5) is 5.69 Å². The van der Waals surface area contributed by atoms with Gasteiger partial charge in [-0.2, -0.15) is 5.26 Å². The summed E-state index contributed by atoms with van der Waals surface area (Å²) < 4.78 is 29.4. The van der Waals surface area contributed by atoms with E-state index in [0.29, 0.717) is 11.3 Å². The maximum atomic E-state index is 12.7. The number of nitriles is 1. The molecule has 0 saturated carbocycles.